The number of nitrogens with one attached hydrogen (secondary N) is 1. The van der Waals surface area contributed by atoms with E-state index in [-0.39, 0.29) is 0 Å². The zero-order chi connectivity index (χ0) is 17.4. The van der Waals surface area contributed by atoms with E-state index in [0.29, 0.717) is 17.5 Å². The van der Waals surface area contributed by atoms with E-state index in [1.54, 1.807) is 11.8 Å². The quantitative estimate of drug-likeness (QED) is 0.613. The summed E-state index contributed by atoms with van der Waals surface area (Å²) in [7, 11) is 3.49. The molecule has 3 aromatic heterocycles. The standard InChI is InChI=1S/C18H17N5O2/c1-11-17-14(24-3)10-15(20-18(17)23(2)21-11)19-16-9-13(22-25-16)12-7-5-4-6-8-12/h4-10H,1-3H3,(H,19,20). The lowest BCUT2D eigenvalue weighted by Crippen LogP contribution is -1.98. The summed E-state index contributed by atoms with van der Waals surface area (Å²) >= 11 is 0. The number of rotatable bonds is 4. The number of pyridine rings is 1. The molecule has 0 saturated heterocycles. The maximum atomic E-state index is 5.49. The van der Waals surface area contributed by atoms with Crippen molar-refractivity contribution in [3.63, 3.8) is 0 Å². The number of ether oxygens (including phenoxy) is 1. The van der Waals surface area contributed by atoms with Crippen LogP contribution in [0.1, 0.15) is 5.69 Å². The first-order valence-electron chi connectivity index (χ1n) is 7.83. The number of hydrogen-bond donors (Lipinski definition) is 1. The highest BCUT2D eigenvalue weighted by atomic mass is 16.5. The van der Waals surface area contributed by atoms with Gasteiger partial charge < -0.3 is 14.6 Å². The zero-order valence-electron chi connectivity index (χ0n) is 14.1. The predicted molar refractivity (Wildman–Crippen MR) is 95.0 cm³/mol. The zero-order valence-corrected chi connectivity index (χ0v) is 14.1. The molecule has 0 bridgehead atoms. The van der Waals surface area contributed by atoms with E-state index in [2.05, 4.69) is 20.6 Å². The summed E-state index contributed by atoms with van der Waals surface area (Å²) < 4.78 is 12.6. The van der Waals surface area contributed by atoms with E-state index in [0.717, 1.165) is 28.0 Å². The van der Waals surface area contributed by atoms with Crippen molar-refractivity contribution in [1.82, 2.24) is 19.9 Å². The second kappa shape index (κ2) is 5.94. The van der Waals surface area contributed by atoms with Crippen LogP contribution in [0.3, 0.4) is 0 Å². The van der Waals surface area contributed by atoms with Gasteiger partial charge in [-0.15, -0.1) is 0 Å². The molecule has 0 spiro atoms. The van der Waals surface area contributed by atoms with Crippen LogP contribution in [-0.2, 0) is 7.05 Å². The molecule has 7 heteroatoms. The van der Waals surface area contributed by atoms with Gasteiger partial charge in [-0.05, 0) is 6.92 Å². The highest BCUT2D eigenvalue weighted by Gasteiger charge is 2.15. The molecule has 3 heterocycles. The van der Waals surface area contributed by atoms with Crippen molar-refractivity contribution in [2.75, 3.05) is 12.4 Å². The van der Waals surface area contributed by atoms with Gasteiger partial charge in [0.15, 0.2) is 5.65 Å². The number of hydrogen-bond acceptors (Lipinski definition) is 6. The highest BCUT2D eigenvalue weighted by molar-refractivity contribution is 5.87. The predicted octanol–water partition coefficient (Wildman–Crippen LogP) is 3.68. The smallest absolute Gasteiger partial charge is 0.230 e. The number of anilines is 2. The minimum Gasteiger partial charge on any atom is -0.496 e. The summed E-state index contributed by atoms with van der Waals surface area (Å²) in [5.41, 5.74) is 3.36. The number of aryl methyl sites for hydroxylation is 2. The van der Waals surface area contributed by atoms with Gasteiger partial charge in [0.05, 0.1) is 18.2 Å². The molecular weight excluding hydrogens is 318 g/mol. The van der Waals surface area contributed by atoms with Gasteiger partial charge in [0, 0.05) is 24.7 Å². The molecule has 0 fully saturated rings. The average Bonchev–Trinajstić information content (AvgIpc) is 3.20. The Morgan fingerprint density at radius 1 is 1.16 bits per heavy atom. The first-order valence-corrected chi connectivity index (χ1v) is 7.83. The Hall–Kier alpha value is -3.35. The molecule has 0 saturated carbocycles. The summed E-state index contributed by atoms with van der Waals surface area (Å²) in [5.74, 6) is 1.82. The molecule has 0 aliphatic heterocycles. The van der Waals surface area contributed by atoms with E-state index in [1.165, 1.54) is 0 Å². The fourth-order valence-corrected chi connectivity index (χ4v) is 2.84. The van der Waals surface area contributed by atoms with Crippen molar-refractivity contribution >= 4 is 22.7 Å². The van der Waals surface area contributed by atoms with Crippen LogP contribution < -0.4 is 10.1 Å². The van der Waals surface area contributed by atoms with Crippen LogP contribution in [0, 0.1) is 6.92 Å². The van der Waals surface area contributed by atoms with Gasteiger partial charge in [-0.2, -0.15) is 5.10 Å². The molecular formula is C18H17N5O2. The lowest BCUT2D eigenvalue weighted by molar-refractivity contribution is 0.419. The van der Waals surface area contributed by atoms with Crippen LogP contribution in [0.2, 0.25) is 0 Å². The van der Waals surface area contributed by atoms with Crippen molar-refractivity contribution in [2.45, 2.75) is 6.92 Å². The van der Waals surface area contributed by atoms with Crippen molar-refractivity contribution in [2.24, 2.45) is 7.05 Å². The van der Waals surface area contributed by atoms with Gasteiger partial charge in [0.2, 0.25) is 5.88 Å². The van der Waals surface area contributed by atoms with Gasteiger partial charge in [0.1, 0.15) is 17.3 Å². The lowest BCUT2D eigenvalue weighted by atomic mass is 10.2. The van der Waals surface area contributed by atoms with Crippen LogP contribution in [0.15, 0.2) is 47.0 Å². The van der Waals surface area contributed by atoms with Crippen molar-refractivity contribution in [3.8, 4) is 17.0 Å². The monoisotopic (exact) mass is 335 g/mol. The third kappa shape index (κ3) is 2.69. The van der Waals surface area contributed by atoms with E-state index in [9.17, 15) is 0 Å². The fraction of sp³-hybridized carbons (Fsp3) is 0.167. The van der Waals surface area contributed by atoms with E-state index >= 15 is 0 Å². The number of methoxy groups -OCH3 is 1. The molecule has 4 rings (SSSR count). The van der Waals surface area contributed by atoms with Crippen molar-refractivity contribution in [1.29, 1.82) is 0 Å². The lowest BCUT2D eigenvalue weighted by Gasteiger charge is -2.06. The normalized spacial score (nSPS) is 11.0. The van der Waals surface area contributed by atoms with Gasteiger partial charge >= 0.3 is 0 Å². The third-order valence-electron chi connectivity index (χ3n) is 3.98. The fourth-order valence-electron chi connectivity index (χ4n) is 2.84. The Kier molecular flexibility index (Phi) is 3.61. The Balaban J connectivity index is 1.69. The van der Waals surface area contributed by atoms with Gasteiger partial charge in [0.25, 0.3) is 0 Å². The Morgan fingerprint density at radius 2 is 1.96 bits per heavy atom. The number of nitrogens with zero attached hydrogens (tertiary/aromatic N) is 4. The molecule has 0 amide bonds. The molecule has 7 nitrogen and oxygen atoms in total. The number of benzene rings is 1. The highest BCUT2D eigenvalue weighted by Crippen LogP contribution is 2.31. The second-order valence-corrected chi connectivity index (χ2v) is 5.68. The largest absolute Gasteiger partial charge is 0.496 e. The van der Waals surface area contributed by atoms with E-state index < -0.39 is 0 Å². The Bertz CT molecular complexity index is 1040. The maximum absolute atomic E-state index is 5.49. The molecule has 0 aliphatic rings. The van der Waals surface area contributed by atoms with Gasteiger partial charge in [-0.1, -0.05) is 35.5 Å². The van der Waals surface area contributed by atoms with E-state index in [1.807, 2.05) is 56.4 Å². The van der Waals surface area contributed by atoms with Crippen molar-refractivity contribution in [3.05, 3.63) is 48.2 Å². The summed E-state index contributed by atoms with van der Waals surface area (Å²) in [5, 5.41) is 12.5. The van der Waals surface area contributed by atoms with E-state index in [4.69, 9.17) is 9.26 Å². The molecule has 0 unspecified atom stereocenters. The molecule has 1 aromatic carbocycles. The SMILES string of the molecule is COc1cc(Nc2cc(-c3ccccc3)no2)nc2c1c(C)nn2C. The van der Waals surface area contributed by atoms with Crippen LogP contribution in [0.25, 0.3) is 22.3 Å². The molecule has 0 radical (unpaired) electrons. The molecule has 126 valence electrons. The first kappa shape index (κ1) is 15.2. The summed E-state index contributed by atoms with van der Waals surface area (Å²) in [6, 6.07) is 13.5. The summed E-state index contributed by atoms with van der Waals surface area (Å²) in [4.78, 5) is 4.60. The summed E-state index contributed by atoms with van der Waals surface area (Å²) in [6.07, 6.45) is 0. The van der Waals surface area contributed by atoms with Crippen molar-refractivity contribution < 1.29 is 9.26 Å². The van der Waals surface area contributed by atoms with Gasteiger partial charge in [-0.25, -0.2) is 4.98 Å². The number of aromatic nitrogens is 4. The van der Waals surface area contributed by atoms with Crippen LogP contribution in [0.5, 0.6) is 5.75 Å². The van der Waals surface area contributed by atoms with Crippen LogP contribution >= 0.6 is 0 Å². The number of fused-ring (bicyclic) bond motifs is 1. The minimum absolute atomic E-state index is 0.506. The molecule has 0 atom stereocenters. The van der Waals surface area contributed by atoms with Crippen LogP contribution in [-0.4, -0.2) is 27.0 Å². The third-order valence-corrected chi connectivity index (χ3v) is 3.98. The molecule has 4 aromatic rings. The average molecular weight is 335 g/mol. The topological polar surface area (TPSA) is 78.0 Å². The van der Waals surface area contributed by atoms with Crippen LogP contribution in [0.4, 0.5) is 11.7 Å². The first-order chi connectivity index (χ1) is 12.2. The molecule has 0 aliphatic carbocycles. The maximum Gasteiger partial charge on any atom is 0.230 e. The Labute approximate surface area is 144 Å². The second-order valence-electron chi connectivity index (χ2n) is 5.68. The minimum atomic E-state index is 0.506. The van der Waals surface area contributed by atoms with Gasteiger partial charge in [-0.3, -0.25) is 4.68 Å². The molecule has 25 heavy (non-hydrogen) atoms. The molecule has 1 N–H and O–H groups in total. The Morgan fingerprint density at radius 3 is 2.72 bits per heavy atom. The summed E-state index contributed by atoms with van der Waals surface area (Å²) in [6.45, 7) is 1.93.